The van der Waals surface area contributed by atoms with E-state index in [0.29, 0.717) is 5.56 Å². The van der Waals surface area contributed by atoms with Crippen molar-refractivity contribution < 1.29 is 18.3 Å². The van der Waals surface area contributed by atoms with Crippen molar-refractivity contribution in [2.75, 3.05) is 6.61 Å². The summed E-state index contributed by atoms with van der Waals surface area (Å²) in [6, 6.07) is 2.42. The zero-order valence-corrected chi connectivity index (χ0v) is 12.6. The van der Waals surface area contributed by atoms with E-state index in [1.54, 1.807) is 0 Å². The SMILES string of the molecule is Fc1cc(CCl)cc(F)c1OCC1CCC2(CCCC2)O1. The first-order valence-electron chi connectivity index (χ1n) is 7.46. The van der Waals surface area contributed by atoms with Crippen molar-refractivity contribution in [3.05, 3.63) is 29.3 Å². The zero-order valence-electron chi connectivity index (χ0n) is 11.8. The van der Waals surface area contributed by atoms with Gasteiger partial charge in [0.15, 0.2) is 17.4 Å². The maximum atomic E-state index is 13.8. The van der Waals surface area contributed by atoms with E-state index < -0.39 is 11.6 Å². The summed E-state index contributed by atoms with van der Waals surface area (Å²) in [4.78, 5) is 0. The molecule has 2 nitrogen and oxygen atoms in total. The Morgan fingerprint density at radius 2 is 1.86 bits per heavy atom. The molecule has 0 amide bonds. The first-order valence-corrected chi connectivity index (χ1v) is 8.00. The summed E-state index contributed by atoms with van der Waals surface area (Å²) in [5, 5.41) is 0. The van der Waals surface area contributed by atoms with E-state index in [9.17, 15) is 8.78 Å². The van der Waals surface area contributed by atoms with Crippen LogP contribution in [-0.2, 0) is 10.6 Å². The Morgan fingerprint density at radius 3 is 2.48 bits per heavy atom. The molecule has 1 saturated heterocycles. The number of alkyl halides is 1. The van der Waals surface area contributed by atoms with Gasteiger partial charge in [0.05, 0.1) is 11.7 Å². The maximum Gasteiger partial charge on any atom is 0.190 e. The largest absolute Gasteiger partial charge is 0.485 e. The Bertz CT molecular complexity index is 492. The second-order valence-electron chi connectivity index (χ2n) is 6.00. The van der Waals surface area contributed by atoms with E-state index in [4.69, 9.17) is 21.1 Å². The predicted octanol–water partition coefficient (Wildman–Crippen LogP) is 4.57. The van der Waals surface area contributed by atoms with Gasteiger partial charge in [-0.3, -0.25) is 0 Å². The van der Waals surface area contributed by atoms with Gasteiger partial charge in [0.25, 0.3) is 0 Å². The topological polar surface area (TPSA) is 18.5 Å². The number of hydrogen-bond acceptors (Lipinski definition) is 2. The van der Waals surface area contributed by atoms with Crippen LogP contribution < -0.4 is 4.74 Å². The Morgan fingerprint density at radius 1 is 1.19 bits per heavy atom. The van der Waals surface area contributed by atoms with Crippen LogP contribution in [0.5, 0.6) is 5.75 Å². The lowest BCUT2D eigenvalue weighted by molar-refractivity contribution is -0.0515. The average molecular weight is 317 g/mol. The van der Waals surface area contributed by atoms with Crippen molar-refractivity contribution in [2.45, 2.75) is 56.1 Å². The lowest BCUT2D eigenvalue weighted by atomic mass is 9.98. The van der Waals surface area contributed by atoms with E-state index in [0.717, 1.165) is 25.7 Å². The van der Waals surface area contributed by atoms with Gasteiger partial charge >= 0.3 is 0 Å². The molecule has 1 atom stereocenters. The molecule has 0 radical (unpaired) electrons. The highest BCUT2D eigenvalue weighted by molar-refractivity contribution is 6.17. The third-order valence-electron chi connectivity index (χ3n) is 4.48. The molecule has 5 heteroatoms. The van der Waals surface area contributed by atoms with Gasteiger partial charge in [0.1, 0.15) is 6.61 Å². The molecule has 1 saturated carbocycles. The average Bonchev–Trinajstić information content (AvgIpc) is 3.08. The standard InChI is InChI=1S/C16H19ClF2O2/c17-9-11-7-13(18)15(14(19)8-11)20-10-12-3-6-16(21-12)4-1-2-5-16/h7-8,12H,1-6,9-10H2. The Hall–Kier alpha value is -0.870. The third-order valence-corrected chi connectivity index (χ3v) is 4.79. The fourth-order valence-corrected chi connectivity index (χ4v) is 3.56. The summed E-state index contributed by atoms with van der Waals surface area (Å²) in [7, 11) is 0. The van der Waals surface area contributed by atoms with E-state index in [2.05, 4.69) is 0 Å². The number of benzene rings is 1. The molecule has 1 aliphatic carbocycles. The van der Waals surface area contributed by atoms with E-state index in [-0.39, 0.29) is 29.9 Å². The Balaban J connectivity index is 1.61. The number of ether oxygens (including phenoxy) is 2. The normalized spacial score (nSPS) is 23.9. The molecule has 2 aliphatic rings. The molecule has 116 valence electrons. The zero-order chi connectivity index (χ0) is 14.9. The van der Waals surface area contributed by atoms with E-state index in [1.807, 2.05) is 0 Å². The van der Waals surface area contributed by atoms with Crippen LogP contribution in [0.1, 0.15) is 44.1 Å². The molecule has 21 heavy (non-hydrogen) atoms. The molecule has 0 bridgehead atoms. The quantitative estimate of drug-likeness (QED) is 0.757. The molecule has 0 aromatic heterocycles. The van der Waals surface area contributed by atoms with Gasteiger partial charge < -0.3 is 9.47 Å². The Labute approximate surface area is 128 Å². The van der Waals surface area contributed by atoms with Crippen molar-refractivity contribution in [2.24, 2.45) is 0 Å². The second-order valence-corrected chi connectivity index (χ2v) is 6.27. The first-order chi connectivity index (χ1) is 10.1. The summed E-state index contributed by atoms with van der Waals surface area (Å²) in [5.74, 6) is -1.68. The molecule has 1 spiro atoms. The monoisotopic (exact) mass is 316 g/mol. The van der Waals surface area contributed by atoms with Crippen molar-refractivity contribution in [1.82, 2.24) is 0 Å². The van der Waals surface area contributed by atoms with Crippen LogP contribution in [-0.4, -0.2) is 18.3 Å². The van der Waals surface area contributed by atoms with Crippen LogP contribution in [0.3, 0.4) is 0 Å². The van der Waals surface area contributed by atoms with Gasteiger partial charge in [0, 0.05) is 5.88 Å². The highest BCUT2D eigenvalue weighted by Crippen LogP contribution is 2.43. The summed E-state index contributed by atoms with van der Waals surface area (Å²) < 4.78 is 39.0. The van der Waals surface area contributed by atoms with Crippen LogP contribution >= 0.6 is 11.6 Å². The minimum absolute atomic E-state index is 0.00754. The van der Waals surface area contributed by atoms with Crippen molar-refractivity contribution in [3.63, 3.8) is 0 Å². The lowest BCUT2D eigenvalue weighted by Gasteiger charge is -2.23. The number of halogens is 3. The minimum Gasteiger partial charge on any atom is -0.485 e. The molecule has 3 rings (SSSR count). The van der Waals surface area contributed by atoms with Gasteiger partial charge in [0.2, 0.25) is 0 Å². The van der Waals surface area contributed by atoms with Crippen molar-refractivity contribution in [3.8, 4) is 5.75 Å². The molecule has 1 heterocycles. The van der Waals surface area contributed by atoms with Gasteiger partial charge in [-0.1, -0.05) is 12.8 Å². The minimum atomic E-state index is -0.709. The van der Waals surface area contributed by atoms with Crippen LogP contribution in [0.15, 0.2) is 12.1 Å². The molecule has 1 aromatic rings. The van der Waals surface area contributed by atoms with Gasteiger partial charge in [-0.25, -0.2) is 8.78 Å². The predicted molar refractivity (Wildman–Crippen MR) is 76.7 cm³/mol. The molecule has 0 N–H and O–H groups in total. The van der Waals surface area contributed by atoms with Crippen molar-refractivity contribution >= 4 is 11.6 Å². The fraction of sp³-hybridized carbons (Fsp3) is 0.625. The molecular weight excluding hydrogens is 298 g/mol. The van der Waals surface area contributed by atoms with Gasteiger partial charge in [-0.15, -0.1) is 11.6 Å². The van der Waals surface area contributed by atoms with Crippen LogP contribution in [0.4, 0.5) is 8.78 Å². The molecule has 1 aromatic carbocycles. The number of hydrogen-bond donors (Lipinski definition) is 0. The van der Waals surface area contributed by atoms with Gasteiger partial charge in [-0.05, 0) is 43.4 Å². The van der Waals surface area contributed by atoms with E-state index in [1.165, 1.54) is 25.0 Å². The molecule has 1 unspecified atom stereocenters. The maximum absolute atomic E-state index is 13.8. The highest BCUT2D eigenvalue weighted by Gasteiger charge is 2.42. The molecule has 2 fully saturated rings. The summed E-state index contributed by atoms with van der Waals surface area (Å²) >= 11 is 5.58. The lowest BCUT2D eigenvalue weighted by Crippen LogP contribution is -2.27. The van der Waals surface area contributed by atoms with Crippen LogP contribution in [0, 0.1) is 11.6 Å². The first kappa shape index (κ1) is 15.0. The third kappa shape index (κ3) is 3.16. The molecular formula is C16H19ClF2O2. The summed E-state index contributed by atoms with van der Waals surface area (Å²) in [6.07, 6.45) is 6.44. The molecule has 1 aliphatic heterocycles. The van der Waals surface area contributed by atoms with Crippen molar-refractivity contribution in [1.29, 1.82) is 0 Å². The fourth-order valence-electron chi connectivity index (χ4n) is 3.40. The smallest absolute Gasteiger partial charge is 0.190 e. The highest BCUT2D eigenvalue weighted by atomic mass is 35.5. The van der Waals surface area contributed by atoms with E-state index >= 15 is 0 Å². The van der Waals surface area contributed by atoms with Gasteiger partial charge in [-0.2, -0.15) is 0 Å². The number of rotatable bonds is 4. The van der Waals surface area contributed by atoms with Crippen LogP contribution in [0.25, 0.3) is 0 Å². The Kier molecular flexibility index (Phi) is 4.36. The second kappa shape index (κ2) is 6.09. The summed E-state index contributed by atoms with van der Waals surface area (Å²) in [6.45, 7) is 0.190. The summed E-state index contributed by atoms with van der Waals surface area (Å²) in [5.41, 5.74) is 0.411. The van der Waals surface area contributed by atoms with Crippen LogP contribution in [0.2, 0.25) is 0 Å².